The number of aromatic hydroxyl groups is 1. The highest BCUT2D eigenvalue weighted by molar-refractivity contribution is 7.99. The molecule has 0 amide bonds. The Bertz CT molecular complexity index is 990. The lowest BCUT2D eigenvalue weighted by molar-refractivity contribution is 0.0496. The fraction of sp³-hybridized carbons (Fsp3) is 0.190. The maximum Gasteiger partial charge on any atom is 0.353 e. The van der Waals surface area contributed by atoms with E-state index >= 15 is 0 Å². The highest BCUT2D eigenvalue weighted by atomic mass is 32.2. The zero-order valence-corrected chi connectivity index (χ0v) is 15.5. The number of halogens is 3. The molecule has 0 aliphatic carbocycles. The summed E-state index contributed by atoms with van der Waals surface area (Å²) in [5.41, 5.74) is 0.376. The first-order valence-corrected chi connectivity index (χ1v) is 9.50. The second kappa shape index (κ2) is 9.01. The minimum Gasteiger partial charge on any atom is -0.506 e. The van der Waals surface area contributed by atoms with Gasteiger partial charge in [-0.1, -0.05) is 48.5 Å². The van der Waals surface area contributed by atoms with Crippen LogP contribution in [0.1, 0.15) is 17.3 Å². The third-order valence-electron chi connectivity index (χ3n) is 4.08. The van der Waals surface area contributed by atoms with E-state index in [4.69, 9.17) is 4.42 Å². The molecule has 1 unspecified atom stereocenters. The highest BCUT2D eigenvalue weighted by Gasteiger charge is 2.22. The lowest BCUT2D eigenvalue weighted by atomic mass is 10.1. The van der Waals surface area contributed by atoms with E-state index in [0.29, 0.717) is 12.2 Å². The second-order valence-electron chi connectivity index (χ2n) is 6.06. The Labute approximate surface area is 163 Å². The molecule has 3 nitrogen and oxygen atoms in total. The van der Waals surface area contributed by atoms with Gasteiger partial charge >= 0.3 is 5.63 Å². The van der Waals surface area contributed by atoms with E-state index in [0.717, 1.165) is 5.56 Å². The normalized spacial score (nSPS) is 12.3. The molecule has 0 spiro atoms. The van der Waals surface area contributed by atoms with E-state index in [-0.39, 0.29) is 27.5 Å². The molecule has 0 saturated carbocycles. The summed E-state index contributed by atoms with van der Waals surface area (Å²) in [4.78, 5) is 12.3. The van der Waals surface area contributed by atoms with Crippen LogP contribution in [-0.2, 0) is 6.42 Å². The first-order valence-electron chi connectivity index (χ1n) is 8.52. The molecule has 1 N–H and O–H groups in total. The summed E-state index contributed by atoms with van der Waals surface area (Å²) in [5.74, 6) is 0.285. The van der Waals surface area contributed by atoms with Crippen molar-refractivity contribution < 1.29 is 22.7 Å². The summed E-state index contributed by atoms with van der Waals surface area (Å²) in [7, 11) is 0. The van der Waals surface area contributed by atoms with Crippen molar-refractivity contribution in [2.24, 2.45) is 0 Å². The van der Waals surface area contributed by atoms with Gasteiger partial charge in [0.1, 0.15) is 16.4 Å². The predicted molar refractivity (Wildman–Crippen MR) is 103 cm³/mol. The van der Waals surface area contributed by atoms with Gasteiger partial charge in [0.25, 0.3) is 6.43 Å². The van der Waals surface area contributed by atoms with Crippen molar-refractivity contribution in [3.63, 3.8) is 0 Å². The minimum atomic E-state index is -3.15. The fourth-order valence-corrected chi connectivity index (χ4v) is 3.58. The number of aryl methyl sites for hydroxylation is 1. The number of alkyl halides is 3. The largest absolute Gasteiger partial charge is 0.506 e. The molecule has 7 heteroatoms. The van der Waals surface area contributed by atoms with Gasteiger partial charge in [-0.2, -0.15) is 0 Å². The molecule has 0 bridgehead atoms. The van der Waals surface area contributed by atoms with Gasteiger partial charge in [-0.25, -0.2) is 18.0 Å². The van der Waals surface area contributed by atoms with Crippen molar-refractivity contribution in [3.8, 4) is 17.1 Å². The van der Waals surface area contributed by atoms with Crippen molar-refractivity contribution in [2.45, 2.75) is 23.9 Å². The van der Waals surface area contributed by atoms with Crippen molar-refractivity contribution in [1.82, 2.24) is 0 Å². The van der Waals surface area contributed by atoms with Crippen LogP contribution in [-0.4, -0.2) is 17.3 Å². The van der Waals surface area contributed by atoms with Crippen LogP contribution < -0.4 is 5.63 Å². The molecule has 3 aromatic rings. The smallest absolute Gasteiger partial charge is 0.353 e. The van der Waals surface area contributed by atoms with E-state index in [1.165, 1.54) is 42.1 Å². The van der Waals surface area contributed by atoms with Crippen molar-refractivity contribution >= 4 is 11.8 Å². The number of thioether (sulfide) groups is 1. The summed E-state index contributed by atoms with van der Waals surface area (Å²) < 4.78 is 43.9. The van der Waals surface area contributed by atoms with Crippen molar-refractivity contribution in [2.75, 3.05) is 5.75 Å². The number of hydrogen-bond acceptors (Lipinski definition) is 4. The summed E-state index contributed by atoms with van der Waals surface area (Å²) in [6.45, 7) is 0. The van der Waals surface area contributed by atoms with Gasteiger partial charge in [-0.05, 0) is 23.6 Å². The number of rotatable bonds is 7. The Balaban J connectivity index is 1.78. The third kappa shape index (κ3) is 4.78. The third-order valence-corrected chi connectivity index (χ3v) is 5.15. The zero-order valence-electron chi connectivity index (χ0n) is 14.6. The van der Waals surface area contributed by atoms with Gasteiger partial charge in [0, 0.05) is 17.4 Å². The van der Waals surface area contributed by atoms with Gasteiger partial charge in [-0.15, -0.1) is 11.8 Å². The van der Waals surface area contributed by atoms with Gasteiger partial charge in [0.05, 0.1) is 0 Å². The molecule has 1 atom stereocenters. The zero-order chi connectivity index (χ0) is 20.1. The van der Waals surface area contributed by atoms with Crippen LogP contribution in [0.25, 0.3) is 11.3 Å². The van der Waals surface area contributed by atoms with Crippen molar-refractivity contribution in [1.29, 1.82) is 0 Å². The molecule has 1 aromatic heterocycles. The van der Waals surface area contributed by atoms with Crippen LogP contribution in [0.4, 0.5) is 13.2 Å². The predicted octanol–water partition coefficient (Wildman–Crippen LogP) is 5.62. The molecule has 0 aliphatic rings. The molecular weight excluding hydrogens is 389 g/mol. The molecule has 0 saturated heterocycles. The maximum absolute atomic E-state index is 13.6. The van der Waals surface area contributed by atoms with Crippen LogP contribution in [0.5, 0.6) is 5.75 Å². The average molecular weight is 406 g/mol. The molecule has 2 aromatic carbocycles. The molecule has 1 heterocycles. The van der Waals surface area contributed by atoms with Crippen LogP contribution in [0.2, 0.25) is 0 Å². The van der Waals surface area contributed by atoms with Crippen molar-refractivity contribution in [3.05, 3.63) is 82.2 Å². The van der Waals surface area contributed by atoms with Gasteiger partial charge < -0.3 is 9.52 Å². The van der Waals surface area contributed by atoms with E-state index < -0.39 is 18.2 Å². The maximum atomic E-state index is 13.6. The fourth-order valence-electron chi connectivity index (χ4n) is 2.67. The standard InChI is InChI=1S/C21H17F3O3S/c22-18(20(23)24)15-8-4-7-14(11-15)17-12-16(25)19(21(26)27-17)28-10-9-13-5-2-1-3-6-13/h1-8,11-12,18,20,25H,9-10H2. The quantitative estimate of drug-likeness (QED) is 0.517. The Hall–Kier alpha value is -2.67. The molecule has 0 aliphatic heterocycles. The Morgan fingerprint density at radius 1 is 1.00 bits per heavy atom. The van der Waals surface area contributed by atoms with E-state index in [1.807, 2.05) is 30.3 Å². The number of benzene rings is 2. The first-order chi connectivity index (χ1) is 13.5. The second-order valence-corrected chi connectivity index (χ2v) is 7.16. The van der Waals surface area contributed by atoms with E-state index in [2.05, 4.69) is 0 Å². The summed E-state index contributed by atoms with van der Waals surface area (Å²) in [5, 5.41) is 10.2. The van der Waals surface area contributed by atoms with Gasteiger partial charge in [0.2, 0.25) is 0 Å². The van der Waals surface area contributed by atoms with Crippen LogP contribution in [0, 0.1) is 0 Å². The Morgan fingerprint density at radius 2 is 1.75 bits per heavy atom. The number of hydrogen-bond donors (Lipinski definition) is 1. The van der Waals surface area contributed by atoms with Crippen LogP contribution in [0.3, 0.4) is 0 Å². The molecular formula is C21H17F3O3S. The van der Waals surface area contributed by atoms with E-state index in [9.17, 15) is 23.1 Å². The Morgan fingerprint density at radius 3 is 2.43 bits per heavy atom. The lowest BCUT2D eigenvalue weighted by Gasteiger charge is -2.10. The molecule has 28 heavy (non-hydrogen) atoms. The van der Waals surface area contributed by atoms with Crippen LogP contribution >= 0.6 is 11.8 Å². The van der Waals surface area contributed by atoms with Gasteiger partial charge in [-0.3, -0.25) is 0 Å². The van der Waals surface area contributed by atoms with Gasteiger partial charge in [0.15, 0.2) is 6.17 Å². The summed E-state index contributed by atoms with van der Waals surface area (Å²) >= 11 is 1.17. The Kier molecular flexibility index (Phi) is 6.46. The molecule has 0 radical (unpaired) electrons. The molecule has 146 valence electrons. The van der Waals surface area contributed by atoms with E-state index in [1.54, 1.807) is 0 Å². The highest BCUT2D eigenvalue weighted by Crippen LogP contribution is 2.32. The molecule has 3 rings (SSSR count). The lowest BCUT2D eigenvalue weighted by Crippen LogP contribution is -2.05. The topological polar surface area (TPSA) is 50.4 Å². The minimum absolute atomic E-state index is 0.0155. The van der Waals surface area contributed by atoms with Crippen LogP contribution in [0.15, 0.2) is 74.8 Å². The summed E-state index contributed by atoms with van der Waals surface area (Å²) in [6, 6.07) is 16.2. The first kappa shape index (κ1) is 20.1. The monoisotopic (exact) mass is 406 g/mol. The molecule has 0 fully saturated rings. The average Bonchev–Trinajstić information content (AvgIpc) is 2.70. The summed E-state index contributed by atoms with van der Waals surface area (Å²) in [6.07, 6.45) is -4.88. The SMILES string of the molecule is O=c1oc(-c2cccc(C(F)C(F)F)c2)cc(O)c1SCCc1ccccc1.